The van der Waals surface area contributed by atoms with Gasteiger partial charge < -0.3 is 15.4 Å². The first-order chi connectivity index (χ1) is 12.8. The van der Waals surface area contributed by atoms with E-state index in [0.29, 0.717) is 0 Å². The van der Waals surface area contributed by atoms with Crippen LogP contribution in [0.15, 0.2) is 60.7 Å². The molecule has 0 bridgehead atoms. The SMILES string of the molecule is CC(=O)N[C@@H]1CN[C@@H]1CCC(C)(C)[Si](O)(c1ccccc1)c1ccccc1. The number of benzene rings is 2. The fraction of sp³-hybridized carbons (Fsp3) is 0.409. The van der Waals surface area contributed by atoms with E-state index in [4.69, 9.17) is 0 Å². The van der Waals surface area contributed by atoms with Crippen LogP contribution >= 0.6 is 0 Å². The summed E-state index contributed by atoms with van der Waals surface area (Å²) >= 11 is 0. The Labute approximate surface area is 163 Å². The number of carbonyl (C=O) groups is 1. The van der Waals surface area contributed by atoms with Crippen LogP contribution in [0.2, 0.25) is 5.04 Å². The lowest BCUT2D eigenvalue weighted by molar-refractivity contribution is -0.120. The summed E-state index contributed by atoms with van der Waals surface area (Å²) in [5.74, 6) is 0.0187. The summed E-state index contributed by atoms with van der Waals surface area (Å²) in [5.41, 5.74) is 0. The molecule has 3 rings (SSSR count). The molecule has 3 N–H and O–H groups in total. The lowest BCUT2D eigenvalue weighted by Crippen LogP contribution is -2.67. The van der Waals surface area contributed by atoms with Crippen LogP contribution in [-0.4, -0.2) is 37.6 Å². The highest BCUT2D eigenvalue weighted by molar-refractivity contribution is 6.98. The van der Waals surface area contributed by atoms with Gasteiger partial charge in [-0.25, -0.2) is 0 Å². The fourth-order valence-corrected chi connectivity index (χ4v) is 7.87. The van der Waals surface area contributed by atoms with E-state index >= 15 is 0 Å². The van der Waals surface area contributed by atoms with Gasteiger partial charge in [-0.3, -0.25) is 4.79 Å². The topological polar surface area (TPSA) is 61.4 Å². The molecular weight excluding hydrogens is 352 g/mol. The van der Waals surface area contributed by atoms with Crippen molar-refractivity contribution in [2.24, 2.45) is 0 Å². The molecule has 0 aromatic heterocycles. The van der Waals surface area contributed by atoms with E-state index in [-0.39, 0.29) is 23.0 Å². The highest BCUT2D eigenvalue weighted by Crippen LogP contribution is 2.40. The monoisotopic (exact) mass is 382 g/mol. The van der Waals surface area contributed by atoms with Gasteiger partial charge in [0.2, 0.25) is 5.91 Å². The van der Waals surface area contributed by atoms with Gasteiger partial charge in [0.25, 0.3) is 8.32 Å². The van der Waals surface area contributed by atoms with E-state index in [2.05, 4.69) is 48.7 Å². The van der Waals surface area contributed by atoms with Crippen molar-refractivity contribution in [2.75, 3.05) is 6.54 Å². The second-order valence-corrected chi connectivity index (χ2v) is 12.1. The van der Waals surface area contributed by atoms with Crippen LogP contribution in [0.25, 0.3) is 0 Å². The van der Waals surface area contributed by atoms with Gasteiger partial charge in [-0.15, -0.1) is 0 Å². The van der Waals surface area contributed by atoms with E-state index in [1.807, 2.05) is 36.4 Å². The maximum absolute atomic E-state index is 12.1. The molecule has 0 spiro atoms. The average molecular weight is 383 g/mol. The first kappa shape index (κ1) is 19.8. The Morgan fingerprint density at radius 1 is 1.11 bits per heavy atom. The molecule has 0 aliphatic carbocycles. The molecule has 1 saturated heterocycles. The van der Waals surface area contributed by atoms with Crippen LogP contribution in [0.3, 0.4) is 0 Å². The Bertz CT molecular complexity index is 725. The summed E-state index contributed by atoms with van der Waals surface area (Å²) in [7, 11) is -2.95. The van der Waals surface area contributed by atoms with Gasteiger partial charge in [-0.1, -0.05) is 74.5 Å². The Morgan fingerprint density at radius 3 is 2.04 bits per heavy atom. The number of hydrogen-bond acceptors (Lipinski definition) is 3. The Hall–Kier alpha value is -1.95. The number of carbonyl (C=O) groups excluding carboxylic acids is 1. The molecule has 27 heavy (non-hydrogen) atoms. The summed E-state index contributed by atoms with van der Waals surface area (Å²) in [4.78, 5) is 23.5. The maximum atomic E-state index is 12.1. The predicted octanol–water partition coefficient (Wildman–Crippen LogP) is 1.78. The molecule has 1 amide bonds. The molecule has 1 fully saturated rings. The minimum absolute atomic E-state index is 0.0187. The van der Waals surface area contributed by atoms with Gasteiger partial charge in [0, 0.05) is 19.5 Å². The zero-order valence-corrected chi connectivity index (χ0v) is 17.4. The van der Waals surface area contributed by atoms with E-state index in [1.54, 1.807) is 6.92 Å². The van der Waals surface area contributed by atoms with Crippen molar-refractivity contribution in [3.8, 4) is 0 Å². The van der Waals surface area contributed by atoms with Crippen LogP contribution in [0.4, 0.5) is 0 Å². The average Bonchev–Trinajstić information content (AvgIpc) is 2.65. The van der Waals surface area contributed by atoms with Crippen LogP contribution in [0.5, 0.6) is 0 Å². The zero-order valence-electron chi connectivity index (χ0n) is 16.4. The predicted molar refractivity (Wildman–Crippen MR) is 113 cm³/mol. The van der Waals surface area contributed by atoms with Crippen molar-refractivity contribution in [3.05, 3.63) is 60.7 Å². The summed E-state index contributed by atoms with van der Waals surface area (Å²) < 4.78 is 0. The highest BCUT2D eigenvalue weighted by atomic mass is 28.4. The molecule has 2 atom stereocenters. The van der Waals surface area contributed by atoms with Gasteiger partial charge >= 0.3 is 0 Å². The Kier molecular flexibility index (Phi) is 5.84. The molecule has 5 heteroatoms. The van der Waals surface area contributed by atoms with Crippen molar-refractivity contribution in [2.45, 2.75) is 50.7 Å². The van der Waals surface area contributed by atoms with Gasteiger partial charge in [0.1, 0.15) is 0 Å². The highest BCUT2D eigenvalue weighted by Gasteiger charge is 2.50. The van der Waals surface area contributed by atoms with E-state index in [1.165, 1.54) is 0 Å². The minimum atomic E-state index is -2.95. The molecule has 2 aromatic carbocycles. The summed E-state index contributed by atoms with van der Waals surface area (Å²) in [5, 5.41) is 8.27. The number of rotatable bonds is 7. The number of amides is 1. The standard InChI is InChI=1S/C22H30N2O2Si/c1-17(25)24-21-16-23-20(21)14-15-22(2,3)27(26,18-10-6-4-7-11-18)19-12-8-5-9-13-19/h4-13,20-21,23,26H,14-16H2,1-3H3,(H,24,25)/t20-,21-/m1/s1. The molecule has 2 aromatic rings. The van der Waals surface area contributed by atoms with Crippen molar-refractivity contribution in [3.63, 3.8) is 0 Å². The van der Waals surface area contributed by atoms with E-state index in [0.717, 1.165) is 29.8 Å². The van der Waals surface area contributed by atoms with Crippen LogP contribution in [0, 0.1) is 0 Å². The lowest BCUT2D eigenvalue weighted by Gasteiger charge is -2.44. The molecule has 4 nitrogen and oxygen atoms in total. The summed E-state index contributed by atoms with van der Waals surface area (Å²) in [6, 6.07) is 20.7. The van der Waals surface area contributed by atoms with Gasteiger partial charge in [0.15, 0.2) is 0 Å². The lowest BCUT2D eigenvalue weighted by atomic mass is 9.92. The zero-order chi connectivity index (χ0) is 19.5. The molecule has 0 radical (unpaired) electrons. The molecule has 1 aliphatic rings. The minimum Gasteiger partial charge on any atom is -0.424 e. The van der Waals surface area contributed by atoms with Crippen molar-refractivity contribution < 1.29 is 9.59 Å². The number of nitrogens with one attached hydrogen (secondary N) is 2. The third-order valence-electron chi connectivity index (χ3n) is 5.92. The van der Waals surface area contributed by atoms with Crippen molar-refractivity contribution >= 4 is 24.6 Å². The third kappa shape index (κ3) is 4.00. The fourth-order valence-electron chi connectivity index (χ4n) is 4.12. The second kappa shape index (κ2) is 7.96. The van der Waals surface area contributed by atoms with Gasteiger partial charge in [-0.2, -0.15) is 0 Å². The smallest absolute Gasteiger partial charge is 0.258 e. The first-order valence-corrected chi connectivity index (χ1v) is 11.6. The molecule has 0 unspecified atom stereocenters. The first-order valence-electron chi connectivity index (χ1n) is 9.68. The normalized spacial score (nSPS) is 20.0. The maximum Gasteiger partial charge on any atom is 0.258 e. The van der Waals surface area contributed by atoms with Crippen molar-refractivity contribution in [1.29, 1.82) is 0 Å². The van der Waals surface area contributed by atoms with E-state index < -0.39 is 8.32 Å². The van der Waals surface area contributed by atoms with Crippen LogP contribution < -0.4 is 21.0 Å². The van der Waals surface area contributed by atoms with E-state index in [9.17, 15) is 9.59 Å². The van der Waals surface area contributed by atoms with Crippen LogP contribution in [0.1, 0.15) is 33.6 Å². The third-order valence-corrected chi connectivity index (χ3v) is 10.5. The number of hydrogen-bond donors (Lipinski definition) is 3. The van der Waals surface area contributed by atoms with Crippen molar-refractivity contribution in [1.82, 2.24) is 10.6 Å². The molecule has 1 heterocycles. The summed E-state index contributed by atoms with van der Waals surface area (Å²) in [6.07, 6.45) is 1.81. The molecule has 1 aliphatic heterocycles. The van der Waals surface area contributed by atoms with Gasteiger partial charge in [-0.05, 0) is 28.3 Å². The molecule has 144 valence electrons. The quantitative estimate of drug-likeness (QED) is 0.640. The van der Waals surface area contributed by atoms with Crippen LogP contribution in [-0.2, 0) is 4.79 Å². The Morgan fingerprint density at radius 2 is 1.63 bits per heavy atom. The van der Waals surface area contributed by atoms with Gasteiger partial charge in [0.05, 0.1) is 6.04 Å². The largest absolute Gasteiger partial charge is 0.424 e. The summed E-state index contributed by atoms with van der Waals surface area (Å²) in [6.45, 7) is 6.76. The molecule has 0 saturated carbocycles. The Balaban J connectivity index is 1.84. The second-order valence-electron chi connectivity index (χ2n) is 8.19. The molecular formula is C22H30N2O2Si.